The van der Waals surface area contributed by atoms with Crippen molar-refractivity contribution in [1.82, 2.24) is 0 Å². The van der Waals surface area contributed by atoms with Gasteiger partial charge in [-0.05, 0) is 6.72 Å². The maximum atomic E-state index is 10.3. The maximum absolute atomic E-state index is 10.3. The number of nitrogens with two attached hydrogens (primary N) is 1. The molecule has 0 rings (SSSR count). The zero-order chi connectivity index (χ0) is 7.28. The molecule has 0 radical (unpaired) electrons. The van der Waals surface area contributed by atoms with Gasteiger partial charge in [0, 0.05) is 6.20 Å². The smallest absolute Gasteiger partial charge is 0.250 e. The largest absolute Gasteiger partial charge is 0.366 e. The first-order valence-corrected chi connectivity index (χ1v) is 2.30. The minimum Gasteiger partial charge on any atom is -0.366 e. The molecule has 0 bridgehead atoms. The van der Waals surface area contributed by atoms with E-state index in [9.17, 15) is 4.79 Å². The van der Waals surface area contributed by atoms with E-state index in [4.69, 9.17) is 5.73 Å². The first-order valence-electron chi connectivity index (χ1n) is 2.30. The lowest BCUT2D eigenvalue weighted by Crippen LogP contribution is -2.11. The minimum absolute atomic E-state index is 0.269. The van der Waals surface area contributed by atoms with Gasteiger partial charge in [-0.25, -0.2) is 0 Å². The lowest BCUT2D eigenvalue weighted by molar-refractivity contribution is -0.114. The van der Waals surface area contributed by atoms with E-state index in [0.717, 1.165) is 0 Å². The SMILES string of the molecule is C=C/C(=C\N=C)C(N)=O. The predicted molar refractivity (Wildman–Crippen MR) is 37.0 cm³/mol. The Kier molecular flexibility index (Phi) is 3.05. The molecule has 1 amide bonds. The van der Waals surface area contributed by atoms with Crippen molar-refractivity contribution in [3.8, 4) is 0 Å². The van der Waals surface area contributed by atoms with E-state index in [1.165, 1.54) is 12.3 Å². The average molecular weight is 124 g/mol. The molecule has 48 valence electrons. The molecule has 0 atom stereocenters. The van der Waals surface area contributed by atoms with Crippen molar-refractivity contribution in [3.63, 3.8) is 0 Å². The second-order valence-corrected chi connectivity index (χ2v) is 1.34. The van der Waals surface area contributed by atoms with Gasteiger partial charge in [-0.1, -0.05) is 12.7 Å². The van der Waals surface area contributed by atoms with Crippen LogP contribution in [-0.2, 0) is 4.79 Å². The standard InChI is InChI=1S/C6H8N2O/c1-3-5(4-8-2)6(7)9/h3-4H,1-2H2,(H2,7,9)/b5-4+. The zero-order valence-corrected chi connectivity index (χ0v) is 5.00. The minimum atomic E-state index is -0.544. The van der Waals surface area contributed by atoms with Gasteiger partial charge in [0.25, 0.3) is 0 Å². The monoisotopic (exact) mass is 124 g/mol. The fourth-order valence-electron chi connectivity index (χ4n) is 0.315. The van der Waals surface area contributed by atoms with Gasteiger partial charge in [-0.3, -0.25) is 9.79 Å². The van der Waals surface area contributed by atoms with E-state index in [1.54, 1.807) is 0 Å². The van der Waals surface area contributed by atoms with Crippen LogP contribution in [-0.4, -0.2) is 12.6 Å². The number of aliphatic imine (C=N–C) groups is 1. The third-order valence-electron chi connectivity index (χ3n) is 0.735. The number of carbonyl (C=O) groups excluding carboxylic acids is 1. The normalized spacial score (nSPS) is 10.4. The highest BCUT2D eigenvalue weighted by molar-refractivity contribution is 5.94. The van der Waals surface area contributed by atoms with Crippen LogP contribution in [0.3, 0.4) is 0 Å². The molecule has 0 fully saturated rings. The van der Waals surface area contributed by atoms with Crippen LogP contribution in [0.4, 0.5) is 0 Å². The van der Waals surface area contributed by atoms with Crippen LogP contribution in [0.15, 0.2) is 29.4 Å². The first-order chi connectivity index (χ1) is 4.22. The molecule has 0 aromatic rings. The summed E-state index contributed by atoms with van der Waals surface area (Å²) in [6.45, 7) is 6.49. The second kappa shape index (κ2) is 3.60. The van der Waals surface area contributed by atoms with Gasteiger partial charge in [0.2, 0.25) is 5.91 Å². The lowest BCUT2D eigenvalue weighted by Gasteiger charge is -1.88. The van der Waals surface area contributed by atoms with Gasteiger partial charge in [-0.2, -0.15) is 0 Å². The van der Waals surface area contributed by atoms with Crippen LogP contribution < -0.4 is 5.73 Å². The molecule has 3 heteroatoms. The van der Waals surface area contributed by atoms with Crippen molar-refractivity contribution in [2.24, 2.45) is 10.7 Å². The lowest BCUT2D eigenvalue weighted by atomic mass is 10.3. The zero-order valence-electron chi connectivity index (χ0n) is 5.00. The summed E-state index contributed by atoms with van der Waals surface area (Å²) in [6.07, 6.45) is 2.59. The second-order valence-electron chi connectivity index (χ2n) is 1.34. The molecule has 0 saturated carbocycles. The molecule has 0 aromatic heterocycles. The Morgan fingerprint density at radius 2 is 2.22 bits per heavy atom. The molecule has 0 aromatic carbocycles. The molecule has 0 aliphatic carbocycles. The van der Waals surface area contributed by atoms with E-state index in [-0.39, 0.29) is 5.57 Å². The molecule has 3 nitrogen and oxygen atoms in total. The Balaban J connectivity index is 4.32. The average Bonchev–Trinajstić information content (AvgIpc) is 1.82. The highest BCUT2D eigenvalue weighted by Gasteiger charge is 1.95. The molecular formula is C6H8N2O. The Hall–Kier alpha value is -1.38. The molecule has 9 heavy (non-hydrogen) atoms. The van der Waals surface area contributed by atoms with Crippen LogP contribution >= 0.6 is 0 Å². The molecule has 0 spiro atoms. The first kappa shape index (κ1) is 7.62. The van der Waals surface area contributed by atoms with Crippen molar-refractivity contribution in [1.29, 1.82) is 0 Å². The van der Waals surface area contributed by atoms with Crippen LogP contribution in [0.1, 0.15) is 0 Å². The van der Waals surface area contributed by atoms with Gasteiger partial charge >= 0.3 is 0 Å². The fourth-order valence-corrected chi connectivity index (χ4v) is 0.315. The highest BCUT2D eigenvalue weighted by atomic mass is 16.1. The van der Waals surface area contributed by atoms with Gasteiger partial charge in [-0.15, -0.1) is 0 Å². The molecule has 0 unspecified atom stereocenters. The Labute approximate surface area is 53.6 Å². The van der Waals surface area contributed by atoms with Gasteiger partial charge in [0.15, 0.2) is 0 Å². The summed E-state index contributed by atoms with van der Waals surface area (Å²) >= 11 is 0. The van der Waals surface area contributed by atoms with Crippen LogP contribution in [0.25, 0.3) is 0 Å². The van der Waals surface area contributed by atoms with E-state index in [1.807, 2.05) is 0 Å². The fraction of sp³-hybridized carbons (Fsp3) is 0. The number of amides is 1. The number of nitrogens with zero attached hydrogens (tertiary/aromatic N) is 1. The van der Waals surface area contributed by atoms with Gasteiger partial charge in [0.05, 0.1) is 5.57 Å². The number of primary amides is 1. The number of rotatable bonds is 3. The molecule has 2 N–H and O–H groups in total. The van der Waals surface area contributed by atoms with E-state index >= 15 is 0 Å². The molecular weight excluding hydrogens is 116 g/mol. The summed E-state index contributed by atoms with van der Waals surface area (Å²) in [5.41, 5.74) is 5.14. The third-order valence-corrected chi connectivity index (χ3v) is 0.735. The Bertz CT molecular complexity index is 170. The summed E-state index contributed by atoms with van der Waals surface area (Å²) in [5, 5.41) is 0. The molecule has 0 saturated heterocycles. The molecule has 0 aliphatic heterocycles. The summed E-state index contributed by atoms with van der Waals surface area (Å²) in [4.78, 5) is 13.7. The van der Waals surface area contributed by atoms with Crippen LogP contribution in [0.5, 0.6) is 0 Å². The van der Waals surface area contributed by atoms with Crippen molar-refractivity contribution in [3.05, 3.63) is 24.4 Å². The topological polar surface area (TPSA) is 55.4 Å². The van der Waals surface area contributed by atoms with Gasteiger partial charge < -0.3 is 5.73 Å². The number of hydrogen-bond acceptors (Lipinski definition) is 2. The summed E-state index contributed by atoms with van der Waals surface area (Å²) in [5.74, 6) is -0.544. The highest BCUT2D eigenvalue weighted by Crippen LogP contribution is 1.92. The predicted octanol–water partition coefficient (Wildman–Crippen LogP) is 0.242. The summed E-state index contributed by atoms with van der Waals surface area (Å²) in [7, 11) is 0. The van der Waals surface area contributed by atoms with E-state index in [0.29, 0.717) is 0 Å². The maximum Gasteiger partial charge on any atom is 0.250 e. The van der Waals surface area contributed by atoms with Crippen LogP contribution in [0.2, 0.25) is 0 Å². The number of carbonyl (C=O) groups is 1. The van der Waals surface area contributed by atoms with Crippen molar-refractivity contribution < 1.29 is 4.79 Å². The van der Waals surface area contributed by atoms with Crippen LogP contribution in [0, 0.1) is 0 Å². The summed E-state index contributed by atoms with van der Waals surface area (Å²) < 4.78 is 0. The van der Waals surface area contributed by atoms with Crippen molar-refractivity contribution in [2.75, 3.05) is 0 Å². The molecule has 0 aliphatic rings. The van der Waals surface area contributed by atoms with E-state index < -0.39 is 5.91 Å². The Morgan fingerprint density at radius 1 is 1.67 bits per heavy atom. The van der Waals surface area contributed by atoms with Crippen molar-refractivity contribution in [2.45, 2.75) is 0 Å². The number of hydrogen-bond donors (Lipinski definition) is 1. The summed E-state index contributed by atoms with van der Waals surface area (Å²) in [6, 6.07) is 0. The van der Waals surface area contributed by atoms with E-state index in [2.05, 4.69) is 18.3 Å². The third kappa shape index (κ3) is 2.43. The Morgan fingerprint density at radius 3 is 2.33 bits per heavy atom. The van der Waals surface area contributed by atoms with Gasteiger partial charge in [0.1, 0.15) is 0 Å². The quantitative estimate of drug-likeness (QED) is 0.327. The van der Waals surface area contributed by atoms with Crippen molar-refractivity contribution >= 4 is 12.6 Å². The molecule has 0 heterocycles.